The minimum Gasteiger partial charge on any atom is -0.393 e. The smallest absolute Gasteiger partial charge is 0.265 e. The molecule has 0 aliphatic heterocycles. The molecule has 5 N–H and O–H groups in total. The Morgan fingerprint density at radius 3 is 2.79 bits per heavy atom. The van der Waals surface area contributed by atoms with E-state index in [0.29, 0.717) is 29.4 Å². The highest BCUT2D eigenvalue weighted by Gasteiger charge is 2.16. The van der Waals surface area contributed by atoms with Crippen molar-refractivity contribution >= 4 is 28.2 Å². The number of anilines is 2. The number of aliphatic hydroxyl groups excluding tert-OH is 1. The summed E-state index contributed by atoms with van der Waals surface area (Å²) in [6.07, 6.45) is 0.844. The van der Waals surface area contributed by atoms with Gasteiger partial charge in [0.2, 0.25) is 0 Å². The van der Waals surface area contributed by atoms with Gasteiger partial charge in [-0.3, -0.25) is 4.79 Å². The Labute approximate surface area is 117 Å². The molecule has 1 amide bonds. The van der Waals surface area contributed by atoms with Gasteiger partial charge in [0.05, 0.1) is 6.10 Å². The number of carbonyl (C=O) groups excluding carboxylic acids is 1. The first-order valence-electron chi connectivity index (χ1n) is 6.43. The van der Waals surface area contributed by atoms with Crippen molar-refractivity contribution in [1.82, 2.24) is 10.3 Å². The fraction of sp³-hybridized carbons (Fsp3) is 0.667. The molecule has 1 heterocycles. The van der Waals surface area contributed by atoms with E-state index < -0.39 is 0 Å². The maximum atomic E-state index is 11.9. The molecule has 0 saturated heterocycles. The lowest BCUT2D eigenvalue weighted by Crippen LogP contribution is -2.26. The van der Waals surface area contributed by atoms with Crippen LogP contribution in [0.25, 0.3) is 0 Å². The number of nitrogens with two attached hydrogens (primary N) is 1. The first-order chi connectivity index (χ1) is 8.93. The van der Waals surface area contributed by atoms with E-state index in [1.165, 1.54) is 11.3 Å². The Kier molecular flexibility index (Phi) is 6.04. The molecule has 0 aliphatic carbocycles. The lowest BCUT2D eigenvalue weighted by atomic mass is 10.2. The summed E-state index contributed by atoms with van der Waals surface area (Å²) >= 11 is 1.24. The van der Waals surface area contributed by atoms with E-state index in [1.54, 1.807) is 0 Å². The third kappa shape index (κ3) is 5.04. The maximum Gasteiger partial charge on any atom is 0.265 e. The van der Waals surface area contributed by atoms with Gasteiger partial charge < -0.3 is 21.5 Å². The molecule has 0 aromatic carbocycles. The fourth-order valence-corrected chi connectivity index (χ4v) is 2.39. The maximum absolute atomic E-state index is 11.9. The van der Waals surface area contributed by atoms with Crippen molar-refractivity contribution in [3.63, 3.8) is 0 Å². The second kappa shape index (κ2) is 7.30. The fourth-order valence-electron chi connectivity index (χ4n) is 1.44. The number of thiazole rings is 1. The predicted octanol–water partition coefficient (Wildman–Crippen LogP) is 1.44. The van der Waals surface area contributed by atoms with E-state index in [4.69, 9.17) is 5.73 Å². The van der Waals surface area contributed by atoms with Gasteiger partial charge >= 0.3 is 0 Å². The van der Waals surface area contributed by atoms with Crippen LogP contribution in [0.15, 0.2) is 0 Å². The molecule has 0 spiro atoms. The zero-order chi connectivity index (χ0) is 14.4. The molecular formula is C12H22N4O2S. The normalized spacial score (nSPS) is 12.5. The van der Waals surface area contributed by atoms with E-state index in [2.05, 4.69) is 15.6 Å². The summed E-state index contributed by atoms with van der Waals surface area (Å²) < 4.78 is 0. The van der Waals surface area contributed by atoms with Gasteiger partial charge in [-0.1, -0.05) is 18.3 Å². The van der Waals surface area contributed by atoms with Crippen molar-refractivity contribution in [1.29, 1.82) is 0 Å². The molecule has 0 bridgehead atoms. The summed E-state index contributed by atoms with van der Waals surface area (Å²) in [6, 6.07) is 0.237. The molecule has 108 valence electrons. The van der Waals surface area contributed by atoms with Crippen LogP contribution in [0.3, 0.4) is 0 Å². The molecule has 1 atom stereocenters. The average molecular weight is 286 g/mol. The number of aliphatic hydroxyl groups is 1. The van der Waals surface area contributed by atoms with Gasteiger partial charge in [-0.25, -0.2) is 4.98 Å². The van der Waals surface area contributed by atoms with E-state index in [1.807, 2.05) is 20.8 Å². The number of hydrogen-bond acceptors (Lipinski definition) is 6. The van der Waals surface area contributed by atoms with E-state index >= 15 is 0 Å². The Morgan fingerprint density at radius 2 is 2.21 bits per heavy atom. The van der Waals surface area contributed by atoms with Gasteiger partial charge in [-0.15, -0.1) is 0 Å². The SMILES string of the molecule is CCC(O)CCNC(=O)c1sc(NC(C)C)nc1N. The number of amides is 1. The molecule has 1 rings (SSSR count). The largest absolute Gasteiger partial charge is 0.393 e. The van der Waals surface area contributed by atoms with Crippen LogP contribution in [-0.4, -0.2) is 34.7 Å². The van der Waals surface area contributed by atoms with Crippen molar-refractivity contribution in [3.8, 4) is 0 Å². The summed E-state index contributed by atoms with van der Waals surface area (Å²) in [4.78, 5) is 16.4. The van der Waals surface area contributed by atoms with Crippen LogP contribution < -0.4 is 16.4 Å². The van der Waals surface area contributed by atoms with Crippen molar-refractivity contribution in [3.05, 3.63) is 4.88 Å². The molecular weight excluding hydrogens is 264 g/mol. The zero-order valence-electron chi connectivity index (χ0n) is 11.6. The number of nitrogen functional groups attached to an aromatic ring is 1. The molecule has 0 aliphatic rings. The molecule has 1 aromatic rings. The average Bonchev–Trinajstić information content (AvgIpc) is 2.68. The van der Waals surface area contributed by atoms with Crippen molar-refractivity contribution in [2.24, 2.45) is 0 Å². The Hall–Kier alpha value is -1.34. The topological polar surface area (TPSA) is 100 Å². The summed E-state index contributed by atoms with van der Waals surface area (Å²) in [5.41, 5.74) is 5.72. The van der Waals surface area contributed by atoms with Crippen LogP contribution in [0.4, 0.5) is 10.9 Å². The van der Waals surface area contributed by atoms with E-state index in [0.717, 1.165) is 0 Å². The lowest BCUT2D eigenvalue weighted by Gasteiger charge is -2.08. The highest BCUT2D eigenvalue weighted by atomic mass is 32.1. The van der Waals surface area contributed by atoms with Gasteiger partial charge in [0.15, 0.2) is 5.13 Å². The summed E-state index contributed by atoms with van der Waals surface area (Å²) in [5, 5.41) is 15.9. The Balaban J connectivity index is 2.54. The van der Waals surface area contributed by atoms with Gasteiger partial charge in [0.1, 0.15) is 10.7 Å². The highest BCUT2D eigenvalue weighted by molar-refractivity contribution is 7.18. The van der Waals surface area contributed by atoms with Crippen molar-refractivity contribution in [2.45, 2.75) is 45.8 Å². The van der Waals surface area contributed by atoms with Gasteiger partial charge in [-0.2, -0.15) is 0 Å². The highest BCUT2D eigenvalue weighted by Crippen LogP contribution is 2.25. The number of aromatic nitrogens is 1. The molecule has 19 heavy (non-hydrogen) atoms. The van der Waals surface area contributed by atoms with Crippen LogP contribution in [0, 0.1) is 0 Å². The molecule has 1 unspecified atom stereocenters. The Bertz CT molecular complexity index is 420. The van der Waals surface area contributed by atoms with Crippen molar-refractivity contribution in [2.75, 3.05) is 17.6 Å². The van der Waals surface area contributed by atoms with Crippen LogP contribution >= 0.6 is 11.3 Å². The summed E-state index contributed by atoms with van der Waals surface area (Å²) in [6.45, 7) is 6.31. The quantitative estimate of drug-likeness (QED) is 0.607. The third-order valence-electron chi connectivity index (χ3n) is 2.51. The second-order valence-corrected chi connectivity index (χ2v) is 5.64. The minimum atomic E-state index is -0.378. The van der Waals surface area contributed by atoms with E-state index in [-0.39, 0.29) is 23.9 Å². The summed E-state index contributed by atoms with van der Waals surface area (Å²) in [5.74, 6) is -0.00296. The second-order valence-electron chi connectivity index (χ2n) is 4.64. The molecule has 0 fully saturated rings. The number of nitrogens with one attached hydrogen (secondary N) is 2. The third-order valence-corrected chi connectivity index (χ3v) is 3.51. The van der Waals surface area contributed by atoms with Crippen LogP contribution in [0.5, 0.6) is 0 Å². The standard InChI is InChI=1S/C12H22N4O2S/c1-4-8(17)5-6-14-11(18)9-10(13)16-12(19-9)15-7(2)3/h7-8,17H,4-6,13H2,1-3H3,(H,14,18)(H,15,16). The molecule has 6 nitrogen and oxygen atoms in total. The Morgan fingerprint density at radius 1 is 1.53 bits per heavy atom. The first-order valence-corrected chi connectivity index (χ1v) is 7.24. The lowest BCUT2D eigenvalue weighted by molar-refractivity contribution is 0.0946. The number of hydrogen-bond donors (Lipinski definition) is 4. The molecule has 0 radical (unpaired) electrons. The van der Waals surface area contributed by atoms with E-state index in [9.17, 15) is 9.90 Å². The first kappa shape index (κ1) is 15.7. The van der Waals surface area contributed by atoms with Crippen LogP contribution in [0.1, 0.15) is 43.3 Å². The minimum absolute atomic E-state index is 0.237. The zero-order valence-corrected chi connectivity index (χ0v) is 12.4. The van der Waals surface area contributed by atoms with Gasteiger partial charge in [0.25, 0.3) is 5.91 Å². The van der Waals surface area contributed by atoms with Gasteiger partial charge in [-0.05, 0) is 26.7 Å². The number of carbonyl (C=O) groups is 1. The monoisotopic (exact) mass is 286 g/mol. The molecule has 7 heteroatoms. The van der Waals surface area contributed by atoms with Gasteiger partial charge in [0, 0.05) is 12.6 Å². The van der Waals surface area contributed by atoms with Crippen LogP contribution in [-0.2, 0) is 0 Å². The predicted molar refractivity (Wildman–Crippen MR) is 78.5 cm³/mol. The number of rotatable bonds is 7. The van der Waals surface area contributed by atoms with Crippen molar-refractivity contribution < 1.29 is 9.90 Å². The molecule has 1 aromatic heterocycles. The summed E-state index contributed by atoms with van der Waals surface area (Å²) in [7, 11) is 0. The van der Waals surface area contributed by atoms with Crippen LogP contribution in [0.2, 0.25) is 0 Å². The number of nitrogens with zero attached hydrogens (tertiary/aromatic N) is 1. The molecule has 0 saturated carbocycles.